The summed E-state index contributed by atoms with van der Waals surface area (Å²) in [6, 6.07) is 105. The predicted octanol–water partition coefficient (Wildman–Crippen LogP) is 17.7. The molecule has 12 rings (SSSR count). The summed E-state index contributed by atoms with van der Waals surface area (Å²) in [7, 11) is 0. The number of nitrogens with zero attached hydrogens (tertiary/aromatic N) is 1. The van der Waals surface area contributed by atoms with Gasteiger partial charge < -0.3 is 4.90 Å². The van der Waals surface area contributed by atoms with Crippen LogP contribution in [0.2, 0.25) is 0 Å². The van der Waals surface area contributed by atoms with E-state index in [1.807, 2.05) is 0 Å². The van der Waals surface area contributed by atoms with Gasteiger partial charge in [-0.1, -0.05) is 249 Å². The molecule has 11 aromatic rings. The number of anilines is 3. The molecule has 0 heterocycles. The van der Waals surface area contributed by atoms with Crippen LogP contribution in [0.25, 0.3) is 44.5 Å². The number of rotatable bonds is 8. The summed E-state index contributed by atoms with van der Waals surface area (Å²) in [5, 5.41) is 0. The average molecular weight is 894 g/mol. The van der Waals surface area contributed by atoms with Crippen LogP contribution in [-0.4, -0.2) is 0 Å². The zero-order valence-corrected chi connectivity index (χ0v) is 39.0. The Morgan fingerprint density at radius 3 is 1.04 bits per heavy atom. The van der Waals surface area contributed by atoms with Crippen molar-refractivity contribution in [1.82, 2.24) is 0 Å². The van der Waals surface area contributed by atoms with Crippen molar-refractivity contribution in [3.63, 3.8) is 0 Å². The second-order valence-corrected chi connectivity index (χ2v) is 18.4. The number of benzene rings is 11. The molecule has 0 spiro atoms. The molecule has 0 unspecified atom stereocenters. The van der Waals surface area contributed by atoms with Crippen LogP contribution in [0.4, 0.5) is 17.1 Å². The lowest BCUT2D eigenvalue weighted by Crippen LogP contribution is -2.33. The zero-order valence-electron chi connectivity index (χ0n) is 39.0. The van der Waals surface area contributed by atoms with Crippen molar-refractivity contribution in [2.75, 3.05) is 4.90 Å². The first kappa shape index (κ1) is 42.6. The van der Waals surface area contributed by atoms with Gasteiger partial charge in [0.2, 0.25) is 0 Å². The maximum Gasteiger partial charge on any atom is 0.0707 e. The van der Waals surface area contributed by atoms with Gasteiger partial charge in [0, 0.05) is 17.1 Å². The number of hydrogen-bond donors (Lipinski definition) is 0. The van der Waals surface area contributed by atoms with Crippen LogP contribution < -0.4 is 4.90 Å². The van der Waals surface area contributed by atoms with Gasteiger partial charge in [-0.25, -0.2) is 0 Å². The van der Waals surface area contributed by atoms with Crippen molar-refractivity contribution in [1.29, 1.82) is 0 Å². The van der Waals surface area contributed by atoms with Gasteiger partial charge in [-0.05, 0) is 138 Å². The Balaban J connectivity index is 0.984. The standard InChI is InChI=1S/C69H51N/c1-5-19-50(20-6-1)52-33-40-62(41-34-52)70(63-42-35-53(36-43-63)51-21-7-2-8-22-51)64-44-37-54(38-45-64)55-39-46-66-59(47-55)49-58-25-15-18-32-68(58)69(60-26-9-3-10-27-60,61-28-11-4-12-29-61)67-31-17-14-24-57(67)48-56-23-13-16-30-65(56)66/h1-47H,48-49H2. The van der Waals surface area contributed by atoms with Gasteiger partial charge in [0.15, 0.2) is 0 Å². The fourth-order valence-electron chi connectivity index (χ4n) is 11.0. The zero-order chi connectivity index (χ0) is 46.7. The fourth-order valence-corrected chi connectivity index (χ4v) is 11.0. The van der Waals surface area contributed by atoms with E-state index in [2.05, 4.69) is 290 Å². The fraction of sp³-hybridized carbons (Fsp3) is 0.0435. The largest absolute Gasteiger partial charge is 0.311 e. The van der Waals surface area contributed by atoms with Crippen LogP contribution in [0.1, 0.15) is 44.5 Å². The first-order valence-electron chi connectivity index (χ1n) is 24.4. The summed E-state index contributed by atoms with van der Waals surface area (Å²) in [6.07, 6.45) is 1.57. The van der Waals surface area contributed by atoms with E-state index in [0.29, 0.717) is 0 Å². The molecule has 1 heteroatoms. The molecule has 0 radical (unpaired) electrons. The molecule has 0 aliphatic heterocycles. The highest BCUT2D eigenvalue weighted by atomic mass is 15.1. The van der Waals surface area contributed by atoms with Gasteiger partial charge >= 0.3 is 0 Å². The van der Waals surface area contributed by atoms with Crippen LogP contribution in [0.5, 0.6) is 0 Å². The molecule has 0 amide bonds. The second-order valence-electron chi connectivity index (χ2n) is 18.4. The van der Waals surface area contributed by atoms with Crippen LogP contribution >= 0.6 is 0 Å². The molecule has 0 saturated carbocycles. The lowest BCUT2D eigenvalue weighted by Gasteiger charge is -2.39. The molecule has 0 aromatic heterocycles. The van der Waals surface area contributed by atoms with Gasteiger partial charge in [-0.2, -0.15) is 0 Å². The third kappa shape index (κ3) is 7.92. The molecule has 1 aliphatic rings. The highest BCUT2D eigenvalue weighted by molar-refractivity contribution is 5.83. The molecule has 0 fully saturated rings. The summed E-state index contributed by atoms with van der Waals surface area (Å²) in [4.78, 5) is 2.36. The predicted molar refractivity (Wildman–Crippen MR) is 293 cm³/mol. The van der Waals surface area contributed by atoms with Crippen molar-refractivity contribution in [3.8, 4) is 44.5 Å². The molecule has 1 nitrogen and oxygen atoms in total. The van der Waals surface area contributed by atoms with Crippen LogP contribution in [-0.2, 0) is 18.3 Å². The SMILES string of the molecule is c1ccc(-c2ccc(N(c3ccc(-c4ccccc4)cc3)c3ccc(-c4ccc5c(c4)Cc4ccccc4C(c4ccccc4)(c4ccccc4)c4ccccc4Cc4ccccc4-5)cc3)cc2)cc1. The molecule has 0 N–H and O–H groups in total. The summed E-state index contributed by atoms with van der Waals surface area (Å²) in [5.74, 6) is 0. The molecule has 1 aliphatic carbocycles. The van der Waals surface area contributed by atoms with Gasteiger partial charge in [0.25, 0.3) is 0 Å². The molecule has 332 valence electrons. The summed E-state index contributed by atoms with van der Waals surface area (Å²) in [5.41, 5.74) is 22.9. The van der Waals surface area contributed by atoms with Crippen molar-refractivity contribution in [2.24, 2.45) is 0 Å². The lowest BCUT2D eigenvalue weighted by atomic mass is 9.62. The molecule has 0 bridgehead atoms. The highest BCUT2D eigenvalue weighted by Crippen LogP contribution is 2.49. The number of fused-ring (bicyclic) bond motifs is 5. The third-order valence-electron chi connectivity index (χ3n) is 14.4. The Morgan fingerprint density at radius 2 is 0.571 bits per heavy atom. The van der Waals surface area contributed by atoms with E-state index in [9.17, 15) is 0 Å². The van der Waals surface area contributed by atoms with E-state index in [0.717, 1.165) is 29.9 Å². The first-order valence-corrected chi connectivity index (χ1v) is 24.4. The molecule has 11 aromatic carbocycles. The van der Waals surface area contributed by atoms with Crippen molar-refractivity contribution in [2.45, 2.75) is 18.3 Å². The first-order chi connectivity index (χ1) is 34.7. The Hall–Kier alpha value is -8.78. The van der Waals surface area contributed by atoms with E-state index >= 15 is 0 Å². The van der Waals surface area contributed by atoms with Crippen molar-refractivity contribution < 1.29 is 0 Å². The minimum absolute atomic E-state index is 0.571. The normalized spacial score (nSPS) is 12.6. The third-order valence-corrected chi connectivity index (χ3v) is 14.4. The maximum atomic E-state index is 2.46. The molecular weight excluding hydrogens is 843 g/mol. The van der Waals surface area contributed by atoms with Gasteiger partial charge in [0.05, 0.1) is 5.41 Å². The summed E-state index contributed by atoms with van der Waals surface area (Å²) >= 11 is 0. The quantitative estimate of drug-likeness (QED) is 0.147. The maximum absolute atomic E-state index is 2.46. The van der Waals surface area contributed by atoms with Crippen LogP contribution in [0.3, 0.4) is 0 Å². The van der Waals surface area contributed by atoms with E-state index in [1.54, 1.807) is 0 Å². The van der Waals surface area contributed by atoms with E-state index in [4.69, 9.17) is 0 Å². The summed E-state index contributed by atoms with van der Waals surface area (Å²) < 4.78 is 0. The van der Waals surface area contributed by atoms with Crippen LogP contribution in [0, 0.1) is 0 Å². The Labute approximate surface area is 412 Å². The Kier molecular flexibility index (Phi) is 11.4. The highest BCUT2D eigenvalue weighted by Gasteiger charge is 2.41. The molecule has 0 saturated heterocycles. The second kappa shape index (κ2) is 18.7. The lowest BCUT2D eigenvalue weighted by molar-refractivity contribution is 0.725. The smallest absolute Gasteiger partial charge is 0.0707 e. The minimum Gasteiger partial charge on any atom is -0.311 e. The van der Waals surface area contributed by atoms with Gasteiger partial charge in [-0.15, -0.1) is 0 Å². The van der Waals surface area contributed by atoms with Gasteiger partial charge in [0.1, 0.15) is 0 Å². The Bertz CT molecular complexity index is 3420. The Morgan fingerprint density at radius 1 is 0.243 bits per heavy atom. The monoisotopic (exact) mass is 893 g/mol. The van der Waals surface area contributed by atoms with Crippen molar-refractivity contribution >= 4 is 17.1 Å². The minimum atomic E-state index is -0.571. The van der Waals surface area contributed by atoms with E-state index < -0.39 is 5.41 Å². The van der Waals surface area contributed by atoms with Crippen LogP contribution in [0.15, 0.2) is 285 Å². The topological polar surface area (TPSA) is 3.24 Å². The van der Waals surface area contributed by atoms with Gasteiger partial charge in [-0.3, -0.25) is 0 Å². The molecular formula is C69H51N. The molecule has 70 heavy (non-hydrogen) atoms. The summed E-state index contributed by atoms with van der Waals surface area (Å²) in [6.45, 7) is 0. The molecule has 0 atom stereocenters. The number of hydrogen-bond acceptors (Lipinski definition) is 1. The van der Waals surface area contributed by atoms with Crippen molar-refractivity contribution in [3.05, 3.63) is 330 Å². The average Bonchev–Trinajstić information content (AvgIpc) is 3.45. The van der Waals surface area contributed by atoms with E-state index in [1.165, 1.54) is 89.0 Å². The van der Waals surface area contributed by atoms with E-state index in [-0.39, 0.29) is 0 Å².